The molecule has 1 heterocycles. The maximum atomic E-state index is 4.43. The molecule has 2 nitrogen and oxygen atoms in total. The van der Waals surface area contributed by atoms with Crippen LogP contribution in [-0.2, 0) is 0 Å². The van der Waals surface area contributed by atoms with Gasteiger partial charge in [0.2, 0.25) is 0 Å². The van der Waals surface area contributed by atoms with Gasteiger partial charge >= 0.3 is 0 Å². The van der Waals surface area contributed by atoms with Crippen molar-refractivity contribution in [3.05, 3.63) is 29.6 Å². The first-order valence-electron chi connectivity index (χ1n) is 6.94. The molecule has 1 aliphatic carbocycles. The van der Waals surface area contributed by atoms with Gasteiger partial charge in [-0.2, -0.15) is 0 Å². The molecule has 0 saturated heterocycles. The third-order valence-corrected chi connectivity index (χ3v) is 3.85. The normalized spacial score (nSPS) is 24.1. The van der Waals surface area contributed by atoms with Crippen LogP contribution in [0.2, 0.25) is 0 Å². The van der Waals surface area contributed by atoms with Gasteiger partial charge in [-0.05, 0) is 62.7 Å². The summed E-state index contributed by atoms with van der Waals surface area (Å²) < 4.78 is 0. The standard InChI is InChI=1S/C15H24N2/c1-3-9-16-10-13-5-4-6-15(13)14-8-7-12(2)17-11-14/h7-8,11,13,15-16H,3-6,9-10H2,1-2H3. The number of hydrogen-bond acceptors (Lipinski definition) is 2. The molecule has 1 saturated carbocycles. The fourth-order valence-corrected chi connectivity index (χ4v) is 2.88. The molecule has 2 unspecified atom stereocenters. The van der Waals surface area contributed by atoms with Gasteiger partial charge in [0.15, 0.2) is 0 Å². The average Bonchev–Trinajstić information content (AvgIpc) is 2.79. The van der Waals surface area contributed by atoms with E-state index in [1.165, 1.54) is 37.8 Å². The predicted octanol–water partition coefficient (Wildman–Crippen LogP) is 3.27. The molecule has 0 radical (unpaired) electrons. The zero-order valence-electron chi connectivity index (χ0n) is 11.1. The van der Waals surface area contributed by atoms with Crippen LogP contribution in [0.5, 0.6) is 0 Å². The van der Waals surface area contributed by atoms with Crippen molar-refractivity contribution in [2.45, 2.75) is 45.4 Å². The van der Waals surface area contributed by atoms with E-state index in [0.717, 1.165) is 24.1 Å². The van der Waals surface area contributed by atoms with Gasteiger partial charge in [-0.1, -0.05) is 19.4 Å². The van der Waals surface area contributed by atoms with Gasteiger partial charge in [0.1, 0.15) is 0 Å². The lowest BCUT2D eigenvalue weighted by Gasteiger charge is -2.20. The van der Waals surface area contributed by atoms with Crippen molar-refractivity contribution < 1.29 is 0 Å². The summed E-state index contributed by atoms with van der Waals surface area (Å²) in [6, 6.07) is 4.41. The summed E-state index contributed by atoms with van der Waals surface area (Å²) in [6.07, 6.45) is 7.39. The molecule has 1 N–H and O–H groups in total. The lowest BCUT2D eigenvalue weighted by atomic mass is 9.90. The highest BCUT2D eigenvalue weighted by molar-refractivity contribution is 5.20. The Kier molecular flexibility index (Phi) is 4.55. The largest absolute Gasteiger partial charge is 0.316 e. The number of nitrogens with zero attached hydrogens (tertiary/aromatic N) is 1. The summed E-state index contributed by atoms with van der Waals surface area (Å²) in [7, 11) is 0. The predicted molar refractivity (Wildman–Crippen MR) is 72.2 cm³/mol. The molecule has 1 fully saturated rings. The highest BCUT2D eigenvalue weighted by Gasteiger charge is 2.28. The molecule has 1 aromatic heterocycles. The first kappa shape index (κ1) is 12.6. The van der Waals surface area contributed by atoms with Gasteiger partial charge in [-0.3, -0.25) is 4.98 Å². The Bertz CT molecular complexity index is 331. The van der Waals surface area contributed by atoms with Crippen LogP contribution in [0.1, 0.15) is 49.8 Å². The Hall–Kier alpha value is -0.890. The number of aromatic nitrogens is 1. The van der Waals surface area contributed by atoms with Crippen LogP contribution in [0, 0.1) is 12.8 Å². The van der Waals surface area contributed by atoms with Crippen LogP contribution in [0.15, 0.2) is 18.3 Å². The van der Waals surface area contributed by atoms with E-state index >= 15 is 0 Å². The molecule has 1 aliphatic rings. The van der Waals surface area contributed by atoms with Crippen LogP contribution >= 0.6 is 0 Å². The van der Waals surface area contributed by atoms with Crippen LogP contribution in [0.4, 0.5) is 0 Å². The molecular weight excluding hydrogens is 208 g/mol. The fraction of sp³-hybridized carbons (Fsp3) is 0.667. The van der Waals surface area contributed by atoms with Gasteiger partial charge in [0.25, 0.3) is 0 Å². The van der Waals surface area contributed by atoms with E-state index in [9.17, 15) is 0 Å². The van der Waals surface area contributed by atoms with Crippen LogP contribution < -0.4 is 5.32 Å². The summed E-state index contributed by atoms with van der Waals surface area (Å²) in [5.74, 6) is 1.54. The Morgan fingerprint density at radius 1 is 1.35 bits per heavy atom. The number of rotatable bonds is 5. The minimum atomic E-state index is 0.729. The fourth-order valence-electron chi connectivity index (χ4n) is 2.88. The Morgan fingerprint density at radius 3 is 2.94 bits per heavy atom. The van der Waals surface area contributed by atoms with E-state index in [4.69, 9.17) is 0 Å². The zero-order chi connectivity index (χ0) is 12.1. The first-order chi connectivity index (χ1) is 8.31. The summed E-state index contributed by atoms with van der Waals surface area (Å²) in [6.45, 7) is 6.60. The summed E-state index contributed by atoms with van der Waals surface area (Å²) in [4.78, 5) is 4.43. The maximum absolute atomic E-state index is 4.43. The topological polar surface area (TPSA) is 24.9 Å². The molecule has 0 aliphatic heterocycles. The lowest BCUT2D eigenvalue weighted by molar-refractivity contribution is 0.444. The van der Waals surface area contributed by atoms with Crippen molar-refractivity contribution >= 4 is 0 Å². The third-order valence-electron chi connectivity index (χ3n) is 3.85. The summed E-state index contributed by atoms with van der Waals surface area (Å²) in [5.41, 5.74) is 2.56. The highest BCUT2D eigenvalue weighted by Crippen LogP contribution is 2.38. The van der Waals surface area contributed by atoms with Gasteiger partial charge in [0, 0.05) is 11.9 Å². The number of nitrogens with one attached hydrogen (secondary N) is 1. The molecule has 2 rings (SSSR count). The maximum Gasteiger partial charge on any atom is 0.0372 e. The van der Waals surface area contributed by atoms with Crippen molar-refractivity contribution in [1.82, 2.24) is 10.3 Å². The van der Waals surface area contributed by atoms with E-state index in [-0.39, 0.29) is 0 Å². The van der Waals surface area contributed by atoms with Gasteiger partial charge in [-0.25, -0.2) is 0 Å². The van der Waals surface area contributed by atoms with Gasteiger partial charge in [-0.15, -0.1) is 0 Å². The molecule has 0 spiro atoms. The van der Waals surface area contributed by atoms with Crippen LogP contribution in [-0.4, -0.2) is 18.1 Å². The van der Waals surface area contributed by atoms with Crippen molar-refractivity contribution in [1.29, 1.82) is 0 Å². The molecule has 0 bridgehead atoms. The van der Waals surface area contributed by atoms with Crippen molar-refractivity contribution in [2.75, 3.05) is 13.1 Å². The summed E-state index contributed by atoms with van der Waals surface area (Å²) in [5, 5.41) is 3.57. The number of hydrogen-bond donors (Lipinski definition) is 1. The summed E-state index contributed by atoms with van der Waals surface area (Å²) >= 11 is 0. The zero-order valence-corrected chi connectivity index (χ0v) is 11.1. The van der Waals surface area contributed by atoms with E-state index in [0.29, 0.717) is 0 Å². The number of pyridine rings is 1. The molecular formula is C15H24N2. The average molecular weight is 232 g/mol. The van der Waals surface area contributed by atoms with E-state index in [1.807, 2.05) is 0 Å². The Labute approximate surface area is 105 Å². The molecule has 1 aromatic rings. The molecule has 0 aromatic carbocycles. The van der Waals surface area contributed by atoms with E-state index < -0.39 is 0 Å². The van der Waals surface area contributed by atoms with Crippen molar-refractivity contribution in [3.63, 3.8) is 0 Å². The molecule has 94 valence electrons. The number of aryl methyl sites for hydroxylation is 1. The van der Waals surface area contributed by atoms with Gasteiger partial charge < -0.3 is 5.32 Å². The Morgan fingerprint density at radius 2 is 2.24 bits per heavy atom. The highest BCUT2D eigenvalue weighted by atomic mass is 14.9. The second-order valence-corrected chi connectivity index (χ2v) is 5.23. The van der Waals surface area contributed by atoms with Crippen molar-refractivity contribution in [2.24, 2.45) is 5.92 Å². The van der Waals surface area contributed by atoms with Crippen LogP contribution in [0.25, 0.3) is 0 Å². The van der Waals surface area contributed by atoms with E-state index in [2.05, 4.69) is 42.5 Å². The lowest BCUT2D eigenvalue weighted by Crippen LogP contribution is -2.25. The first-order valence-corrected chi connectivity index (χ1v) is 6.94. The second kappa shape index (κ2) is 6.15. The quantitative estimate of drug-likeness (QED) is 0.788. The van der Waals surface area contributed by atoms with Crippen LogP contribution in [0.3, 0.4) is 0 Å². The molecule has 2 atom stereocenters. The molecule has 0 amide bonds. The molecule has 2 heteroatoms. The monoisotopic (exact) mass is 232 g/mol. The minimum absolute atomic E-state index is 0.729. The molecule has 17 heavy (non-hydrogen) atoms. The van der Waals surface area contributed by atoms with Crippen molar-refractivity contribution in [3.8, 4) is 0 Å². The Balaban J connectivity index is 1.96. The minimum Gasteiger partial charge on any atom is -0.316 e. The third kappa shape index (κ3) is 3.29. The SMILES string of the molecule is CCCNCC1CCCC1c1ccc(C)nc1. The smallest absolute Gasteiger partial charge is 0.0372 e. The second-order valence-electron chi connectivity index (χ2n) is 5.23. The van der Waals surface area contributed by atoms with Gasteiger partial charge in [0.05, 0.1) is 0 Å². The van der Waals surface area contributed by atoms with E-state index in [1.54, 1.807) is 0 Å².